The zero-order valence-corrected chi connectivity index (χ0v) is 11.7. The lowest BCUT2D eigenvalue weighted by Gasteiger charge is -2.19. The molecule has 0 amide bonds. The molecule has 1 unspecified atom stereocenters. The van der Waals surface area contributed by atoms with Crippen LogP contribution in [-0.2, 0) is 0 Å². The van der Waals surface area contributed by atoms with Crippen LogP contribution in [0.25, 0.3) is 0 Å². The molecule has 0 spiro atoms. The summed E-state index contributed by atoms with van der Waals surface area (Å²) in [6.07, 6.45) is 0. The van der Waals surface area contributed by atoms with Crippen molar-refractivity contribution in [3.8, 4) is 0 Å². The average molecular weight is 300 g/mol. The predicted molar refractivity (Wildman–Crippen MR) is 73.4 cm³/mol. The van der Waals surface area contributed by atoms with E-state index in [0.717, 1.165) is 12.1 Å². The van der Waals surface area contributed by atoms with Crippen LogP contribution in [0.3, 0.4) is 0 Å². The number of hydrogen-bond acceptors (Lipinski definition) is 1. The summed E-state index contributed by atoms with van der Waals surface area (Å²) >= 11 is 5.84. The number of benzene rings is 2. The Labute approximate surface area is 120 Å². The van der Waals surface area contributed by atoms with Gasteiger partial charge in [-0.05, 0) is 49.9 Å². The van der Waals surface area contributed by atoms with Gasteiger partial charge in [0.25, 0.3) is 0 Å². The fourth-order valence-electron chi connectivity index (χ4n) is 2.10. The van der Waals surface area contributed by atoms with Gasteiger partial charge >= 0.3 is 0 Å². The number of hydrogen-bond donors (Lipinski definition) is 1. The van der Waals surface area contributed by atoms with Crippen molar-refractivity contribution in [2.24, 2.45) is 0 Å². The maximum Gasteiger partial charge on any atom is 0.128 e. The summed E-state index contributed by atoms with van der Waals surface area (Å²) < 4.78 is 41.5. The summed E-state index contributed by atoms with van der Waals surface area (Å²) in [6, 6.07) is 5.35. The van der Waals surface area contributed by atoms with E-state index in [2.05, 4.69) is 5.32 Å². The number of aryl methyl sites for hydroxylation is 1. The lowest BCUT2D eigenvalue weighted by Crippen LogP contribution is -2.20. The van der Waals surface area contributed by atoms with E-state index in [0.29, 0.717) is 5.02 Å². The number of nitrogens with one attached hydrogen (secondary N) is 1. The average Bonchev–Trinajstić information content (AvgIpc) is 2.40. The van der Waals surface area contributed by atoms with Crippen LogP contribution >= 0.6 is 11.6 Å². The van der Waals surface area contributed by atoms with Gasteiger partial charge in [0, 0.05) is 16.1 Å². The van der Waals surface area contributed by atoms with Crippen molar-refractivity contribution in [1.29, 1.82) is 0 Å². The van der Waals surface area contributed by atoms with Gasteiger partial charge in [0.1, 0.15) is 17.5 Å². The van der Waals surface area contributed by atoms with Crippen molar-refractivity contribution in [2.45, 2.75) is 13.0 Å². The van der Waals surface area contributed by atoms with Crippen molar-refractivity contribution in [3.05, 3.63) is 69.5 Å². The van der Waals surface area contributed by atoms with E-state index in [1.54, 1.807) is 7.05 Å². The standard InChI is InChI=1S/C15H13ClF3N/c1-8-5-14(19)11(7-13(8)18)15(20-2)10-6-9(16)3-4-12(10)17/h3-7,15,20H,1-2H3. The molecule has 0 saturated carbocycles. The summed E-state index contributed by atoms with van der Waals surface area (Å²) in [4.78, 5) is 0. The Balaban J connectivity index is 2.58. The Morgan fingerprint density at radius 1 is 0.950 bits per heavy atom. The maximum absolute atomic E-state index is 14.0. The molecule has 0 fully saturated rings. The van der Waals surface area contributed by atoms with Crippen LogP contribution < -0.4 is 5.32 Å². The van der Waals surface area contributed by atoms with E-state index in [1.807, 2.05) is 0 Å². The van der Waals surface area contributed by atoms with Crippen LogP contribution in [0.4, 0.5) is 13.2 Å². The summed E-state index contributed by atoms with van der Waals surface area (Å²) in [5, 5.41) is 3.11. The minimum absolute atomic E-state index is 0.0387. The first-order valence-corrected chi connectivity index (χ1v) is 6.39. The third-order valence-electron chi connectivity index (χ3n) is 3.15. The summed E-state index contributed by atoms with van der Waals surface area (Å²) in [6.45, 7) is 1.47. The SMILES string of the molecule is CNC(c1cc(Cl)ccc1F)c1cc(F)c(C)cc1F. The molecule has 0 aliphatic carbocycles. The van der Waals surface area contributed by atoms with Gasteiger partial charge in [-0.15, -0.1) is 0 Å². The molecule has 1 atom stereocenters. The first kappa shape index (κ1) is 14.9. The molecule has 0 heterocycles. The van der Waals surface area contributed by atoms with Gasteiger partial charge in [0.15, 0.2) is 0 Å². The third kappa shape index (κ3) is 2.81. The molecule has 0 radical (unpaired) electrons. The van der Waals surface area contributed by atoms with Crippen LogP contribution in [0.2, 0.25) is 5.02 Å². The van der Waals surface area contributed by atoms with E-state index in [1.165, 1.54) is 25.1 Å². The van der Waals surface area contributed by atoms with E-state index < -0.39 is 23.5 Å². The fraction of sp³-hybridized carbons (Fsp3) is 0.200. The number of halogens is 4. The Morgan fingerprint density at radius 2 is 1.60 bits per heavy atom. The number of rotatable bonds is 3. The van der Waals surface area contributed by atoms with Crippen LogP contribution in [0.1, 0.15) is 22.7 Å². The highest BCUT2D eigenvalue weighted by Gasteiger charge is 2.21. The zero-order valence-electron chi connectivity index (χ0n) is 11.0. The molecule has 2 aromatic rings. The summed E-state index contributed by atoms with van der Waals surface area (Å²) in [5.41, 5.74) is 0.409. The molecule has 0 bridgehead atoms. The Morgan fingerprint density at radius 3 is 2.25 bits per heavy atom. The summed E-state index contributed by atoms with van der Waals surface area (Å²) in [7, 11) is 1.54. The van der Waals surface area contributed by atoms with Crippen molar-refractivity contribution in [1.82, 2.24) is 5.32 Å². The molecule has 2 rings (SSSR count). The molecular formula is C15H13ClF3N. The highest BCUT2D eigenvalue weighted by Crippen LogP contribution is 2.29. The van der Waals surface area contributed by atoms with Crippen molar-refractivity contribution >= 4 is 11.6 Å². The van der Waals surface area contributed by atoms with Crippen LogP contribution in [0.5, 0.6) is 0 Å². The van der Waals surface area contributed by atoms with Crippen molar-refractivity contribution in [2.75, 3.05) is 7.05 Å². The largest absolute Gasteiger partial charge is 0.309 e. The molecule has 1 N–H and O–H groups in total. The van der Waals surface area contributed by atoms with Gasteiger partial charge in [-0.3, -0.25) is 0 Å². The normalized spacial score (nSPS) is 12.5. The van der Waals surface area contributed by atoms with E-state index >= 15 is 0 Å². The highest BCUT2D eigenvalue weighted by molar-refractivity contribution is 6.30. The van der Waals surface area contributed by atoms with Gasteiger partial charge in [-0.25, -0.2) is 13.2 Å². The monoisotopic (exact) mass is 299 g/mol. The summed E-state index contributed by atoms with van der Waals surface area (Å²) in [5.74, 6) is -1.67. The lowest BCUT2D eigenvalue weighted by atomic mass is 9.96. The minimum atomic E-state index is -0.816. The molecular weight excluding hydrogens is 287 g/mol. The highest BCUT2D eigenvalue weighted by atomic mass is 35.5. The molecule has 0 aliphatic heterocycles. The second-order valence-electron chi connectivity index (χ2n) is 4.51. The smallest absolute Gasteiger partial charge is 0.128 e. The molecule has 106 valence electrons. The van der Waals surface area contributed by atoms with Gasteiger partial charge in [-0.2, -0.15) is 0 Å². The molecule has 0 aromatic heterocycles. The van der Waals surface area contributed by atoms with Crippen LogP contribution in [0.15, 0.2) is 30.3 Å². The maximum atomic E-state index is 14.0. The van der Waals surface area contributed by atoms with Crippen molar-refractivity contribution in [3.63, 3.8) is 0 Å². The van der Waals surface area contributed by atoms with Gasteiger partial charge in [0.05, 0.1) is 6.04 Å². The minimum Gasteiger partial charge on any atom is -0.309 e. The lowest BCUT2D eigenvalue weighted by molar-refractivity contribution is 0.534. The van der Waals surface area contributed by atoms with E-state index in [-0.39, 0.29) is 16.7 Å². The Hall–Kier alpha value is -1.52. The van der Waals surface area contributed by atoms with E-state index in [9.17, 15) is 13.2 Å². The molecule has 2 aromatic carbocycles. The van der Waals surface area contributed by atoms with Crippen molar-refractivity contribution < 1.29 is 13.2 Å². The molecule has 0 aliphatic rings. The Bertz CT molecular complexity index is 643. The van der Waals surface area contributed by atoms with Crippen LogP contribution in [0, 0.1) is 24.4 Å². The topological polar surface area (TPSA) is 12.0 Å². The van der Waals surface area contributed by atoms with Gasteiger partial charge in [-0.1, -0.05) is 11.6 Å². The predicted octanol–water partition coefficient (Wildman–Crippen LogP) is 4.37. The molecule has 1 nitrogen and oxygen atoms in total. The quantitative estimate of drug-likeness (QED) is 0.887. The zero-order chi connectivity index (χ0) is 14.9. The molecule has 5 heteroatoms. The molecule has 0 saturated heterocycles. The first-order chi connectivity index (χ1) is 9.43. The second kappa shape index (κ2) is 5.85. The van der Waals surface area contributed by atoms with Gasteiger partial charge < -0.3 is 5.32 Å². The first-order valence-electron chi connectivity index (χ1n) is 6.01. The fourth-order valence-corrected chi connectivity index (χ4v) is 2.28. The van der Waals surface area contributed by atoms with Gasteiger partial charge in [0.2, 0.25) is 0 Å². The van der Waals surface area contributed by atoms with E-state index in [4.69, 9.17) is 11.6 Å². The van der Waals surface area contributed by atoms with Crippen LogP contribution in [-0.4, -0.2) is 7.05 Å². The molecule has 20 heavy (non-hydrogen) atoms. The second-order valence-corrected chi connectivity index (χ2v) is 4.95. The third-order valence-corrected chi connectivity index (χ3v) is 3.38. The Kier molecular flexibility index (Phi) is 4.35.